The highest BCUT2D eigenvalue weighted by Crippen LogP contribution is 2.27. The lowest BCUT2D eigenvalue weighted by atomic mass is 10.1. The minimum atomic E-state index is -0.775. The molecule has 0 heterocycles. The van der Waals surface area contributed by atoms with Crippen molar-refractivity contribution in [3.05, 3.63) is 96.1 Å². The maximum absolute atomic E-state index is 12.9. The maximum atomic E-state index is 12.9. The summed E-state index contributed by atoms with van der Waals surface area (Å²) in [5.41, 5.74) is 0.435. The van der Waals surface area contributed by atoms with E-state index in [2.05, 4.69) is 13.5 Å². The van der Waals surface area contributed by atoms with E-state index in [1.165, 1.54) is 88.8 Å². The Hall–Kier alpha value is -5.12. The highest BCUT2D eigenvalue weighted by atomic mass is 16.6. The summed E-state index contributed by atoms with van der Waals surface area (Å²) < 4.78 is 32.3. The Morgan fingerprint density at radius 1 is 0.569 bits per heavy atom. The van der Waals surface area contributed by atoms with Crippen LogP contribution in [0.3, 0.4) is 0 Å². The molecule has 0 radical (unpaired) electrons. The van der Waals surface area contributed by atoms with E-state index in [1.807, 2.05) is 0 Å². The minimum absolute atomic E-state index is 0.0620. The predicted octanol–water partition coefficient (Wildman–Crippen LogP) is 9.10. The van der Waals surface area contributed by atoms with E-state index in [0.717, 1.165) is 18.9 Å². The van der Waals surface area contributed by atoms with Crippen molar-refractivity contribution in [2.24, 2.45) is 0 Å². The molecule has 10 heteroatoms. The van der Waals surface area contributed by atoms with Gasteiger partial charge in [-0.15, -0.1) is 0 Å². The molecule has 0 spiro atoms. The Morgan fingerprint density at radius 2 is 1.04 bits per heavy atom. The monoisotopic (exact) mass is 702 g/mol. The van der Waals surface area contributed by atoms with Crippen molar-refractivity contribution < 1.29 is 47.6 Å². The summed E-state index contributed by atoms with van der Waals surface area (Å²) in [6.07, 6.45) is 15.0. The van der Waals surface area contributed by atoms with Crippen molar-refractivity contribution >= 4 is 23.9 Å². The molecular weight excluding hydrogens is 652 g/mol. The third-order valence-electron chi connectivity index (χ3n) is 7.93. The molecule has 0 bridgehead atoms. The molecule has 0 unspecified atom stereocenters. The first-order valence-electron chi connectivity index (χ1n) is 17.8. The van der Waals surface area contributed by atoms with Crippen LogP contribution in [0.5, 0.6) is 23.0 Å². The lowest BCUT2D eigenvalue weighted by molar-refractivity contribution is -0.137. The lowest BCUT2D eigenvalue weighted by Crippen LogP contribution is -2.13. The molecule has 3 aromatic rings. The van der Waals surface area contributed by atoms with Gasteiger partial charge in [0.25, 0.3) is 0 Å². The van der Waals surface area contributed by atoms with Crippen LogP contribution in [-0.2, 0) is 14.3 Å². The molecule has 0 aliphatic heterocycles. The van der Waals surface area contributed by atoms with Crippen LogP contribution < -0.4 is 18.9 Å². The SMILES string of the molecule is C=CC(=O)OCCCCOc1ccc(C(=O)Oc2ccc(OC(=O)c3ccc(OCCCCCCCCCCCC)cc3)cc2C(=O)OC)cc1. The molecule has 0 saturated heterocycles. The van der Waals surface area contributed by atoms with Crippen LogP contribution in [0.25, 0.3) is 0 Å². The van der Waals surface area contributed by atoms with E-state index in [1.54, 1.807) is 36.4 Å². The molecule has 10 nitrogen and oxygen atoms in total. The third-order valence-corrected chi connectivity index (χ3v) is 7.93. The van der Waals surface area contributed by atoms with Crippen LogP contribution >= 0.6 is 0 Å². The van der Waals surface area contributed by atoms with E-state index in [9.17, 15) is 19.2 Å². The highest BCUT2D eigenvalue weighted by Gasteiger charge is 2.20. The van der Waals surface area contributed by atoms with E-state index < -0.39 is 23.9 Å². The molecule has 274 valence electrons. The number of carbonyl (C=O) groups is 4. The summed E-state index contributed by atoms with van der Waals surface area (Å²) in [7, 11) is 1.19. The summed E-state index contributed by atoms with van der Waals surface area (Å²) in [5, 5.41) is 0. The van der Waals surface area contributed by atoms with Gasteiger partial charge in [0.05, 0.1) is 38.1 Å². The molecule has 0 amide bonds. The van der Waals surface area contributed by atoms with E-state index in [0.29, 0.717) is 43.1 Å². The van der Waals surface area contributed by atoms with E-state index >= 15 is 0 Å². The summed E-state index contributed by atoms with van der Waals surface area (Å²) in [6, 6.07) is 17.1. The number of methoxy groups -OCH3 is 1. The van der Waals surface area contributed by atoms with Crippen LogP contribution in [0.2, 0.25) is 0 Å². The number of hydrogen-bond donors (Lipinski definition) is 0. The lowest BCUT2D eigenvalue weighted by Gasteiger charge is -2.12. The Morgan fingerprint density at radius 3 is 1.57 bits per heavy atom. The highest BCUT2D eigenvalue weighted by molar-refractivity contribution is 5.97. The summed E-state index contributed by atoms with van der Waals surface area (Å²) in [4.78, 5) is 49.4. The summed E-state index contributed by atoms with van der Waals surface area (Å²) >= 11 is 0. The summed E-state index contributed by atoms with van der Waals surface area (Å²) in [6.45, 7) is 6.87. The Labute approximate surface area is 301 Å². The first-order chi connectivity index (χ1) is 24.8. The molecule has 0 fully saturated rings. The standard InChI is InChI=1S/C41H50O10/c1-4-6-7-8-9-10-11-12-13-14-27-47-33-21-17-31(18-22-33)39(43)50-35-25-26-37(36(30-35)41(45)46-3)51-40(44)32-19-23-34(24-20-32)48-28-15-16-29-49-38(42)5-2/h5,17-26,30H,2,4,6-16,27-29H2,1,3H3. The third kappa shape index (κ3) is 15.1. The Bertz CT molecular complexity index is 1530. The van der Waals surface area contributed by atoms with Gasteiger partial charge < -0.3 is 28.4 Å². The van der Waals surface area contributed by atoms with Gasteiger partial charge in [0.2, 0.25) is 0 Å². The number of esters is 4. The van der Waals surface area contributed by atoms with Crippen LogP contribution in [0, 0.1) is 0 Å². The first kappa shape index (κ1) is 40.3. The average Bonchev–Trinajstić information content (AvgIpc) is 3.15. The van der Waals surface area contributed by atoms with Gasteiger partial charge in [-0.05, 0) is 86.0 Å². The second-order valence-corrected chi connectivity index (χ2v) is 11.9. The zero-order valence-electron chi connectivity index (χ0n) is 29.8. The summed E-state index contributed by atoms with van der Waals surface area (Å²) in [5.74, 6) is -1.36. The molecule has 51 heavy (non-hydrogen) atoms. The van der Waals surface area contributed by atoms with E-state index in [-0.39, 0.29) is 29.2 Å². The molecule has 0 saturated carbocycles. The van der Waals surface area contributed by atoms with Gasteiger partial charge in [0.15, 0.2) is 0 Å². The van der Waals surface area contributed by atoms with Crippen molar-refractivity contribution in [1.82, 2.24) is 0 Å². The minimum Gasteiger partial charge on any atom is -0.494 e. The van der Waals surface area contributed by atoms with Gasteiger partial charge in [-0.1, -0.05) is 71.3 Å². The van der Waals surface area contributed by atoms with Crippen LogP contribution in [0.4, 0.5) is 0 Å². The fourth-order valence-corrected chi connectivity index (χ4v) is 5.04. The van der Waals surface area contributed by atoms with Gasteiger partial charge in [-0.25, -0.2) is 19.2 Å². The van der Waals surface area contributed by atoms with Gasteiger partial charge in [0.1, 0.15) is 28.6 Å². The molecule has 0 aliphatic carbocycles. The normalized spacial score (nSPS) is 10.5. The number of benzene rings is 3. The number of carbonyl (C=O) groups excluding carboxylic acids is 4. The topological polar surface area (TPSA) is 124 Å². The zero-order valence-corrected chi connectivity index (χ0v) is 29.8. The zero-order chi connectivity index (χ0) is 36.7. The molecule has 3 aromatic carbocycles. The largest absolute Gasteiger partial charge is 0.494 e. The van der Waals surface area contributed by atoms with Crippen molar-refractivity contribution in [1.29, 1.82) is 0 Å². The van der Waals surface area contributed by atoms with Crippen molar-refractivity contribution in [3.63, 3.8) is 0 Å². The quantitative estimate of drug-likeness (QED) is 0.0386. The second kappa shape index (κ2) is 23.3. The predicted molar refractivity (Wildman–Crippen MR) is 194 cm³/mol. The fraction of sp³-hybridized carbons (Fsp3) is 0.415. The molecule has 3 rings (SSSR count). The maximum Gasteiger partial charge on any atom is 0.343 e. The van der Waals surface area contributed by atoms with E-state index in [4.69, 9.17) is 28.4 Å². The Balaban J connectivity index is 1.45. The molecule has 0 aromatic heterocycles. The number of rotatable bonds is 24. The smallest absolute Gasteiger partial charge is 0.343 e. The molecule has 0 N–H and O–H groups in total. The van der Waals surface area contributed by atoms with Crippen LogP contribution in [0.15, 0.2) is 79.4 Å². The van der Waals surface area contributed by atoms with Gasteiger partial charge >= 0.3 is 23.9 Å². The van der Waals surface area contributed by atoms with Crippen molar-refractivity contribution in [3.8, 4) is 23.0 Å². The van der Waals surface area contributed by atoms with Gasteiger partial charge in [-0.2, -0.15) is 0 Å². The molecule has 0 atom stereocenters. The molecule has 0 aliphatic rings. The number of ether oxygens (including phenoxy) is 6. The second-order valence-electron chi connectivity index (χ2n) is 11.9. The van der Waals surface area contributed by atoms with Crippen molar-refractivity contribution in [2.75, 3.05) is 26.9 Å². The first-order valence-corrected chi connectivity index (χ1v) is 17.8. The molecular formula is C41H50O10. The van der Waals surface area contributed by atoms with Gasteiger partial charge in [-0.3, -0.25) is 0 Å². The van der Waals surface area contributed by atoms with Crippen molar-refractivity contribution in [2.45, 2.75) is 84.0 Å². The fourth-order valence-electron chi connectivity index (χ4n) is 5.04. The van der Waals surface area contributed by atoms with Crippen LogP contribution in [0.1, 0.15) is 115 Å². The average molecular weight is 703 g/mol. The Kier molecular flexibility index (Phi) is 18.4. The number of unbranched alkanes of at least 4 members (excludes halogenated alkanes) is 10. The van der Waals surface area contributed by atoms with Crippen LogP contribution in [-0.4, -0.2) is 50.8 Å². The van der Waals surface area contributed by atoms with Gasteiger partial charge in [0, 0.05) is 6.08 Å². The number of hydrogen-bond acceptors (Lipinski definition) is 10.